The lowest BCUT2D eigenvalue weighted by molar-refractivity contribution is -0.193. The maximum Gasteiger partial charge on any atom is 0.309 e. The highest BCUT2D eigenvalue weighted by molar-refractivity contribution is 9.10. The van der Waals surface area contributed by atoms with Gasteiger partial charge in [-0.15, -0.1) is 11.6 Å². The van der Waals surface area contributed by atoms with E-state index in [1.54, 1.807) is 7.11 Å². The van der Waals surface area contributed by atoms with Gasteiger partial charge in [-0.1, -0.05) is 58.4 Å². The molecule has 32 heavy (non-hydrogen) atoms. The molecule has 5 nitrogen and oxygen atoms in total. The number of nitrogens with zero attached hydrogens (tertiary/aromatic N) is 1. The molecule has 2 aromatic rings. The molecule has 1 aliphatic rings. The third-order valence-electron chi connectivity index (χ3n) is 6.46. The zero-order valence-electron chi connectivity index (χ0n) is 18.6. The summed E-state index contributed by atoms with van der Waals surface area (Å²) >= 11 is 10.5. The van der Waals surface area contributed by atoms with Crippen LogP contribution in [0.15, 0.2) is 64.1 Å². The maximum atomic E-state index is 13.1. The Labute approximate surface area is 203 Å². The van der Waals surface area contributed by atoms with Crippen molar-refractivity contribution in [2.75, 3.05) is 27.4 Å². The second-order valence-corrected chi connectivity index (χ2v) is 9.31. The van der Waals surface area contributed by atoms with Crippen LogP contribution in [0.3, 0.4) is 0 Å². The van der Waals surface area contributed by atoms with Crippen LogP contribution in [0.25, 0.3) is 0 Å². The number of esters is 1. The first-order chi connectivity index (χ1) is 15.4. The molecular weight excluding hydrogens is 494 g/mol. The molecule has 172 valence electrons. The Morgan fingerprint density at radius 1 is 1.22 bits per heavy atom. The van der Waals surface area contributed by atoms with Gasteiger partial charge in [-0.05, 0) is 43.3 Å². The van der Waals surface area contributed by atoms with Gasteiger partial charge in [0.05, 0.1) is 24.9 Å². The summed E-state index contributed by atoms with van der Waals surface area (Å²) in [7, 11) is 3.02. The predicted molar refractivity (Wildman–Crippen MR) is 131 cm³/mol. The van der Waals surface area contributed by atoms with Crippen molar-refractivity contribution in [1.82, 2.24) is 0 Å². The molecule has 0 N–H and O–H groups in total. The second kappa shape index (κ2) is 10.5. The van der Waals surface area contributed by atoms with Crippen molar-refractivity contribution in [3.8, 4) is 0 Å². The molecule has 1 unspecified atom stereocenters. The summed E-state index contributed by atoms with van der Waals surface area (Å²) in [5.74, 6) is -1.26. The van der Waals surface area contributed by atoms with Gasteiger partial charge in [0.1, 0.15) is 11.2 Å². The van der Waals surface area contributed by atoms with Gasteiger partial charge in [-0.2, -0.15) is 0 Å². The lowest BCUT2D eigenvalue weighted by atomic mass is 9.70. The van der Waals surface area contributed by atoms with E-state index in [0.717, 1.165) is 15.6 Å². The monoisotopic (exact) mass is 521 g/mol. The van der Waals surface area contributed by atoms with Gasteiger partial charge in [-0.25, -0.2) is 0 Å². The van der Waals surface area contributed by atoms with E-state index in [0.29, 0.717) is 13.0 Å². The quantitative estimate of drug-likeness (QED) is 0.253. The number of carbonyl (C=O) groups is 1. The molecule has 0 saturated heterocycles. The fourth-order valence-corrected chi connectivity index (χ4v) is 5.97. The molecule has 0 heterocycles. The first-order valence-corrected chi connectivity index (χ1v) is 11.8. The molecule has 2 aromatic carbocycles. The minimum Gasteiger partial charge on any atom is -0.469 e. The van der Waals surface area contributed by atoms with E-state index in [9.17, 15) is 4.79 Å². The summed E-state index contributed by atoms with van der Waals surface area (Å²) in [6.45, 7) is 6.21. The van der Waals surface area contributed by atoms with Gasteiger partial charge in [0, 0.05) is 24.1 Å². The van der Waals surface area contributed by atoms with E-state index in [2.05, 4.69) is 27.6 Å². The van der Waals surface area contributed by atoms with E-state index < -0.39 is 28.4 Å². The number of halogens is 2. The molecule has 0 amide bonds. The Morgan fingerprint density at radius 3 is 2.41 bits per heavy atom. The second-order valence-electron chi connectivity index (χ2n) is 7.87. The summed E-state index contributed by atoms with van der Waals surface area (Å²) < 4.78 is 19.2. The van der Waals surface area contributed by atoms with Gasteiger partial charge in [0.2, 0.25) is 0 Å². The van der Waals surface area contributed by atoms with E-state index >= 15 is 0 Å². The average molecular weight is 523 g/mol. The largest absolute Gasteiger partial charge is 0.469 e. The summed E-state index contributed by atoms with van der Waals surface area (Å²) in [5.41, 5.74) is -0.319. The standard InChI is InChI=1S/C25H29BrClNO4/c1-5-32-25(18-11-13-19(26)14-12-18)22(17-9-7-6-8-10-17)20(23(29)30-3)15-24(25,31-4)21(27)16-28-2/h6-14,20-22H,2,5,15-16H2,1,3-4H3/t20-,21?,22+,24+,25-/m0/s1. The molecule has 0 aromatic heterocycles. The lowest BCUT2D eigenvalue weighted by Crippen LogP contribution is -2.59. The van der Waals surface area contributed by atoms with E-state index in [1.165, 1.54) is 7.11 Å². The number of aliphatic imine (C=N–C) groups is 1. The number of benzene rings is 2. The highest BCUT2D eigenvalue weighted by atomic mass is 79.9. The van der Waals surface area contributed by atoms with Crippen LogP contribution in [0.2, 0.25) is 0 Å². The summed E-state index contributed by atoms with van der Waals surface area (Å²) in [5, 5.41) is -0.596. The number of rotatable bonds is 9. The summed E-state index contributed by atoms with van der Waals surface area (Å²) in [4.78, 5) is 17.2. The zero-order valence-corrected chi connectivity index (χ0v) is 20.9. The van der Waals surface area contributed by atoms with Crippen LogP contribution in [0, 0.1) is 5.92 Å². The fraction of sp³-hybridized carbons (Fsp3) is 0.440. The Hall–Kier alpha value is -1.73. The van der Waals surface area contributed by atoms with E-state index in [-0.39, 0.29) is 12.5 Å². The first kappa shape index (κ1) is 24.9. The van der Waals surface area contributed by atoms with Crippen LogP contribution in [0.1, 0.15) is 30.4 Å². The van der Waals surface area contributed by atoms with Gasteiger partial charge in [-0.3, -0.25) is 9.79 Å². The molecular formula is C25H29BrClNO4. The van der Waals surface area contributed by atoms with E-state index in [1.807, 2.05) is 61.5 Å². The fourth-order valence-electron chi connectivity index (χ4n) is 5.27. The molecule has 7 heteroatoms. The minimum atomic E-state index is -1.07. The van der Waals surface area contributed by atoms with Crippen molar-refractivity contribution in [1.29, 1.82) is 0 Å². The van der Waals surface area contributed by atoms with Crippen molar-refractivity contribution in [3.05, 3.63) is 70.2 Å². The highest BCUT2D eigenvalue weighted by Gasteiger charge is 2.70. The van der Waals surface area contributed by atoms with Gasteiger partial charge in [0.15, 0.2) is 0 Å². The molecule has 0 bridgehead atoms. The van der Waals surface area contributed by atoms with Crippen molar-refractivity contribution in [3.63, 3.8) is 0 Å². The SMILES string of the molecule is C=NCC(Cl)[C@]1(OC)C[C@H](C(=O)OC)[C@@H](c2ccccc2)[C@@]1(OCC)c1ccc(Br)cc1. The van der Waals surface area contributed by atoms with Gasteiger partial charge < -0.3 is 14.2 Å². The normalized spacial score (nSPS) is 28.3. The third kappa shape index (κ3) is 4.03. The zero-order chi connectivity index (χ0) is 23.4. The number of hydrogen-bond donors (Lipinski definition) is 0. The molecule has 1 saturated carbocycles. The first-order valence-electron chi connectivity index (χ1n) is 10.6. The number of carbonyl (C=O) groups excluding carboxylic acids is 1. The van der Waals surface area contributed by atoms with Crippen LogP contribution >= 0.6 is 27.5 Å². The third-order valence-corrected chi connectivity index (χ3v) is 7.48. The van der Waals surface area contributed by atoms with Crippen LogP contribution in [0.5, 0.6) is 0 Å². The number of ether oxygens (including phenoxy) is 3. The Kier molecular flexibility index (Phi) is 8.15. The van der Waals surface area contributed by atoms with Crippen molar-refractivity contribution in [2.24, 2.45) is 10.9 Å². The molecule has 5 atom stereocenters. The van der Waals surface area contributed by atoms with Crippen LogP contribution < -0.4 is 0 Å². The number of alkyl halides is 1. The van der Waals surface area contributed by atoms with Gasteiger partial charge >= 0.3 is 5.97 Å². The van der Waals surface area contributed by atoms with Crippen LogP contribution in [0.4, 0.5) is 0 Å². The summed E-state index contributed by atoms with van der Waals surface area (Å²) in [6, 6.07) is 17.8. The van der Waals surface area contributed by atoms with Crippen molar-refractivity contribution in [2.45, 2.75) is 35.8 Å². The smallest absolute Gasteiger partial charge is 0.309 e. The molecule has 1 fully saturated rings. The summed E-state index contributed by atoms with van der Waals surface area (Å²) in [6.07, 6.45) is 0.315. The Balaban J connectivity index is 2.41. The predicted octanol–water partition coefficient (Wildman–Crippen LogP) is 5.35. The molecule has 1 aliphatic carbocycles. The average Bonchev–Trinajstić information content (AvgIpc) is 3.12. The molecule has 0 spiro atoms. The molecule has 0 radical (unpaired) electrons. The molecule has 3 rings (SSSR count). The number of hydrogen-bond acceptors (Lipinski definition) is 5. The number of methoxy groups -OCH3 is 2. The Bertz CT molecular complexity index is 925. The topological polar surface area (TPSA) is 57.1 Å². The van der Waals surface area contributed by atoms with Crippen LogP contribution in [-0.4, -0.2) is 51.0 Å². The van der Waals surface area contributed by atoms with E-state index in [4.69, 9.17) is 25.8 Å². The molecule has 0 aliphatic heterocycles. The lowest BCUT2D eigenvalue weighted by Gasteiger charge is -2.49. The Morgan fingerprint density at radius 2 is 1.88 bits per heavy atom. The van der Waals surface area contributed by atoms with Gasteiger partial charge in [0.25, 0.3) is 0 Å². The van der Waals surface area contributed by atoms with Crippen molar-refractivity contribution < 1.29 is 19.0 Å². The van der Waals surface area contributed by atoms with Crippen LogP contribution in [-0.2, 0) is 24.6 Å². The highest BCUT2D eigenvalue weighted by Crippen LogP contribution is 2.63. The minimum absolute atomic E-state index is 0.246. The van der Waals surface area contributed by atoms with Crippen molar-refractivity contribution >= 4 is 40.2 Å². The maximum absolute atomic E-state index is 13.1.